The lowest BCUT2D eigenvalue weighted by atomic mass is 10.1. The van der Waals surface area contributed by atoms with E-state index < -0.39 is 10.8 Å². The van der Waals surface area contributed by atoms with Gasteiger partial charge in [-0.25, -0.2) is 0 Å². The summed E-state index contributed by atoms with van der Waals surface area (Å²) in [6, 6.07) is 8.26. The molecule has 0 radical (unpaired) electrons. The van der Waals surface area contributed by atoms with Gasteiger partial charge in [-0.2, -0.15) is 0 Å². The normalized spacial score (nSPS) is 31.5. The number of hydrogen-bond donors (Lipinski definition) is 1. The van der Waals surface area contributed by atoms with Gasteiger partial charge in [-0.15, -0.1) is 0 Å². The van der Waals surface area contributed by atoms with Crippen LogP contribution in [-0.2, 0) is 10.8 Å². The SMILES string of the molecule is CC1CS(=O)CC(c2ccc(Cl)cc2)N1. The number of halogens is 1. The molecule has 0 spiro atoms. The number of hydrogen-bond acceptors (Lipinski definition) is 2. The number of nitrogens with one attached hydrogen (secondary N) is 1. The molecule has 1 aromatic carbocycles. The maximum Gasteiger partial charge on any atom is 0.0439 e. The summed E-state index contributed by atoms with van der Waals surface area (Å²) in [6.45, 7) is 2.07. The van der Waals surface area contributed by atoms with E-state index in [0.717, 1.165) is 10.8 Å². The van der Waals surface area contributed by atoms with Gasteiger partial charge in [0.05, 0.1) is 0 Å². The molecule has 1 aromatic rings. The van der Waals surface area contributed by atoms with Crippen molar-refractivity contribution in [3.63, 3.8) is 0 Å². The minimum atomic E-state index is -0.702. The second-order valence-corrected chi connectivity index (χ2v) is 5.93. The van der Waals surface area contributed by atoms with Gasteiger partial charge < -0.3 is 5.32 Å². The topological polar surface area (TPSA) is 29.1 Å². The summed E-state index contributed by atoms with van der Waals surface area (Å²) in [4.78, 5) is 0. The third-order valence-corrected chi connectivity index (χ3v) is 4.38. The summed E-state index contributed by atoms with van der Waals surface area (Å²) in [5, 5.41) is 4.19. The summed E-state index contributed by atoms with van der Waals surface area (Å²) < 4.78 is 11.6. The first kappa shape index (κ1) is 11.1. The van der Waals surface area contributed by atoms with Gasteiger partial charge in [0, 0.05) is 39.4 Å². The van der Waals surface area contributed by atoms with Crippen LogP contribution in [0.2, 0.25) is 5.02 Å². The molecule has 1 aliphatic rings. The van der Waals surface area contributed by atoms with E-state index in [9.17, 15) is 4.21 Å². The summed E-state index contributed by atoms with van der Waals surface area (Å²) in [5.74, 6) is 1.45. The lowest BCUT2D eigenvalue weighted by molar-refractivity contribution is 0.490. The predicted molar refractivity (Wildman–Crippen MR) is 64.7 cm³/mol. The zero-order valence-corrected chi connectivity index (χ0v) is 10.1. The first-order chi connectivity index (χ1) is 7.15. The highest BCUT2D eigenvalue weighted by molar-refractivity contribution is 7.85. The molecule has 0 amide bonds. The van der Waals surface area contributed by atoms with E-state index in [1.165, 1.54) is 5.56 Å². The molecular formula is C11H14ClNOS. The van der Waals surface area contributed by atoms with Crippen LogP contribution in [-0.4, -0.2) is 21.8 Å². The highest BCUT2D eigenvalue weighted by Gasteiger charge is 2.23. The molecule has 1 N–H and O–H groups in total. The number of rotatable bonds is 1. The zero-order chi connectivity index (χ0) is 10.8. The van der Waals surface area contributed by atoms with E-state index in [1.54, 1.807) is 0 Å². The second kappa shape index (κ2) is 4.64. The third-order valence-electron chi connectivity index (χ3n) is 2.55. The van der Waals surface area contributed by atoms with Gasteiger partial charge >= 0.3 is 0 Å². The monoisotopic (exact) mass is 243 g/mol. The molecular weight excluding hydrogens is 230 g/mol. The smallest absolute Gasteiger partial charge is 0.0439 e. The van der Waals surface area contributed by atoms with Gasteiger partial charge in [-0.1, -0.05) is 23.7 Å². The zero-order valence-electron chi connectivity index (χ0n) is 8.57. The minimum Gasteiger partial charge on any atom is -0.306 e. The Kier molecular flexibility index (Phi) is 3.44. The second-order valence-electron chi connectivity index (χ2n) is 3.95. The van der Waals surface area contributed by atoms with Crippen molar-refractivity contribution >= 4 is 22.4 Å². The molecule has 0 aliphatic carbocycles. The maximum atomic E-state index is 11.6. The summed E-state index contributed by atoms with van der Waals surface area (Å²) >= 11 is 5.83. The van der Waals surface area contributed by atoms with Crippen LogP contribution in [0.1, 0.15) is 18.5 Å². The molecule has 82 valence electrons. The Morgan fingerprint density at radius 3 is 2.60 bits per heavy atom. The molecule has 3 unspecified atom stereocenters. The summed E-state index contributed by atoms with van der Waals surface area (Å²) in [5.41, 5.74) is 1.17. The molecule has 2 rings (SSSR count). The lowest BCUT2D eigenvalue weighted by Crippen LogP contribution is -2.43. The van der Waals surface area contributed by atoms with Crippen molar-refractivity contribution in [2.24, 2.45) is 0 Å². The fraction of sp³-hybridized carbons (Fsp3) is 0.455. The molecule has 3 atom stereocenters. The van der Waals surface area contributed by atoms with Crippen molar-refractivity contribution in [1.29, 1.82) is 0 Å². The van der Waals surface area contributed by atoms with E-state index >= 15 is 0 Å². The van der Waals surface area contributed by atoms with Gasteiger partial charge in [0.25, 0.3) is 0 Å². The Morgan fingerprint density at radius 2 is 2.00 bits per heavy atom. The molecule has 0 bridgehead atoms. The highest BCUT2D eigenvalue weighted by Crippen LogP contribution is 2.20. The van der Waals surface area contributed by atoms with Crippen LogP contribution >= 0.6 is 11.6 Å². The van der Waals surface area contributed by atoms with Crippen molar-refractivity contribution < 1.29 is 4.21 Å². The van der Waals surface area contributed by atoms with Crippen LogP contribution in [0.15, 0.2) is 24.3 Å². The van der Waals surface area contributed by atoms with Crippen LogP contribution in [0.5, 0.6) is 0 Å². The fourth-order valence-corrected chi connectivity index (χ4v) is 3.44. The largest absolute Gasteiger partial charge is 0.306 e. The van der Waals surface area contributed by atoms with Crippen molar-refractivity contribution in [3.05, 3.63) is 34.9 Å². The molecule has 2 nitrogen and oxygen atoms in total. The quantitative estimate of drug-likeness (QED) is 0.819. The molecule has 1 saturated heterocycles. The van der Waals surface area contributed by atoms with Crippen molar-refractivity contribution in [3.8, 4) is 0 Å². The first-order valence-corrected chi connectivity index (χ1v) is 6.88. The van der Waals surface area contributed by atoms with E-state index in [1.807, 2.05) is 24.3 Å². The van der Waals surface area contributed by atoms with Crippen LogP contribution in [0.4, 0.5) is 0 Å². The Morgan fingerprint density at radius 1 is 1.33 bits per heavy atom. The van der Waals surface area contributed by atoms with Crippen LogP contribution in [0, 0.1) is 0 Å². The standard InChI is InChI=1S/C11H14ClNOS/c1-8-6-15(14)7-11(13-8)9-2-4-10(12)5-3-9/h2-5,8,11,13H,6-7H2,1H3. The summed E-state index contributed by atoms with van der Waals surface area (Å²) in [6.07, 6.45) is 0. The summed E-state index contributed by atoms with van der Waals surface area (Å²) in [7, 11) is -0.702. The molecule has 1 fully saturated rings. The van der Waals surface area contributed by atoms with Gasteiger partial charge in [0.15, 0.2) is 0 Å². The Hall–Kier alpha value is -0.380. The Labute approximate surface area is 97.5 Å². The van der Waals surface area contributed by atoms with Crippen molar-refractivity contribution in [2.75, 3.05) is 11.5 Å². The third kappa shape index (κ3) is 2.80. The maximum absolute atomic E-state index is 11.6. The van der Waals surface area contributed by atoms with Gasteiger partial charge in [-0.3, -0.25) is 4.21 Å². The molecule has 1 heterocycles. The van der Waals surface area contributed by atoms with Crippen molar-refractivity contribution in [1.82, 2.24) is 5.32 Å². The average molecular weight is 244 g/mol. The average Bonchev–Trinajstić information content (AvgIpc) is 2.17. The molecule has 0 saturated carbocycles. The van der Waals surface area contributed by atoms with Gasteiger partial charge in [0.1, 0.15) is 0 Å². The lowest BCUT2D eigenvalue weighted by Gasteiger charge is -2.28. The Balaban J connectivity index is 2.16. The molecule has 1 aliphatic heterocycles. The van der Waals surface area contributed by atoms with Crippen LogP contribution in [0.25, 0.3) is 0 Å². The predicted octanol–water partition coefficient (Wildman–Crippen LogP) is 2.12. The fourth-order valence-electron chi connectivity index (χ4n) is 1.86. The molecule has 4 heteroatoms. The van der Waals surface area contributed by atoms with Gasteiger partial charge in [0.2, 0.25) is 0 Å². The number of benzene rings is 1. The van der Waals surface area contributed by atoms with E-state index in [0.29, 0.717) is 11.8 Å². The Bertz CT molecular complexity index is 365. The first-order valence-electron chi connectivity index (χ1n) is 5.01. The van der Waals surface area contributed by atoms with Crippen molar-refractivity contribution in [2.45, 2.75) is 19.0 Å². The molecule has 0 aromatic heterocycles. The van der Waals surface area contributed by atoms with E-state index in [2.05, 4.69) is 12.2 Å². The van der Waals surface area contributed by atoms with Gasteiger partial charge in [-0.05, 0) is 24.6 Å². The van der Waals surface area contributed by atoms with Crippen LogP contribution < -0.4 is 5.32 Å². The van der Waals surface area contributed by atoms with E-state index in [4.69, 9.17) is 11.6 Å². The van der Waals surface area contributed by atoms with Crippen LogP contribution in [0.3, 0.4) is 0 Å². The highest BCUT2D eigenvalue weighted by atomic mass is 35.5. The molecule has 15 heavy (non-hydrogen) atoms. The van der Waals surface area contributed by atoms with E-state index in [-0.39, 0.29) is 6.04 Å². The minimum absolute atomic E-state index is 0.201.